The normalized spacial score (nSPS) is 16.1. The van der Waals surface area contributed by atoms with Crippen LogP contribution in [0.1, 0.15) is 31.7 Å². The third kappa shape index (κ3) is 5.16. The van der Waals surface area contributed by atoms with E-state index in [0.29, 0.717) is 6.54 Å². The molecule has 1 fully saturated rings. The predicted molar refractivity (Wildman–Crippen MR) is 105 cm³/mol. The summed E-state index contributed by atoms with van der Waals surface area (Å²) in [4.78, 5) is 11.7. The van der Waals surface area contributed by atoms with Crippen molar-refractivity contribution in [3.05, 3.63) is 42.1 Å². The number of hydrogen-bond acceptors (Lipinski definition) is 3. The Kier molecular flexibility index (Phi) is 6.63. The lowest BCUT2D eigenvalue weighted by molar-refractivity contribution is 0.232. The van der Waals surface area contributed by atoms with Gasteiger partial charge in [-0.3, -0.25) is 4.98 Å². The van der Waals surface area contributed by atoms with Crippen molar-refractivity contribution in [2.24, 2.45) is 4.99 Å². The maximum absolute atomic E-state index is 4.76. The first kappa shape index (κ1) is 17.7. The van der Waals surface area contributed by atoms with Gasteiger partial charge in [-0.2, -0.15) is 0 Å². The third-order valence-corrected chi connectivity index (χ3v) is 4.66. The summed E-state index contributed by atoms with van der Waals surface area (Å²) < 4.78 is 0. The maximum Gasteiger partial charge on any atom is 0.191 e. The van der Waals surface area contributed by atoms with Gasteiger partial charge in [0.05, 0.1) is 12.1 Å². The smallest absolute Gasteiger partial charge is 0.191 e. The van der Waals surface area contributed by atoms with Crippen molar-refractivity contribution in [1.82, 2.24) is 20.5 Å². The molecule has 1 aliphatic heterocycles. The van der Waals surface area contributed by atoms with Crippen LogP contribution in [0.15, 0.2) is 41.5 Å². The van der Waals surface area contributed by atoms with Gasteiger partial charge in [-0.25, -0.2) is 4.99 Å². The molecule has 2 N–H and O–H groups in total. The highest BCUT2D eigenvalue weighted by Crippen LogP contribution is 2.16. The molecule has 5 heteroatoms. The second kappa shape index (κ2) is 9.37. The number of fused-ring (bicyclic) bond motifs is 1. The molecule has 3 rings (SSSR count). The monoisotopic (exact) mass is 339 g/mol. The summed E-state index contributed by atoms with van der Waals surface area (Å²) in [6, 6.07) is 10.3. The molecular formula is C20H29N5. The highest BCUT2D eigenvalue weighted by atomic mass is 15.2. The van der Waals surface area contributed by atoms with Crippen LogP contribution < -0.4 is 10.6 Å². The molecule has 1 saturated heterocycles. The van der Waals surface area contributed by atoms with Crippen molar-refractivity contribution in [1.29, 1.82) is 0 Å². The Morgan fingerprint density at radius 3 is 2.80 bits per heavy atom. The molecule has 0 spiro atoms. The van der Waals surface area contributed by atoms with E-state index >= 15 is 0 Å². The highest BCUT2D eigenvalue weighted by Gasteiger charge is 2.09. The van der Waals surface area contributed by atoms with Crippen molar-refractivity contribution in [3.63, 3.8) is 0 Å². The Balaban J connectivity index is 1.59. The van der Waals surface area contributed by atoms with Crippen LogP contribution >= 0.6 is 0 Å². The van der Waals surface area contributed by atoms with Gasteiger partial charge in [0, 0.05) is 31.2 Å². The van der Waals surface area contributed by atoms with Crippen molar-refractivity contribution in [2.45, 2.75) is 32.7 Å². The molecule has 134 valence electrons. The molecule has 2 aromatic rings. The summed E-state index contributed by atoms with van der Waals surface area (Å²) in [5, 5.41) is 7.99. The van der Waals surface area contributed by atoms with Crippen LogP contribution in [0.3, 0.4) is 0 Å². The number of hydrogen-bond donors (Lipinski definition) is 2. The van der Waals surface area contributed by atoms with Gasteiger partial charge in [0.15, 0.2) is 5.96 Å². The number of piperidine rings is 1. The Morgan fingerprint density at radius 2 is 1.96 bits per heavy atom. The van der Waals surface area contributed by atoms with Crippen LogP contribution in [0, 0.1) is 0 Å². The fraction of sp³-hybridized carbons (Fsp3) is 0.500. The number of nitrogens with zero attached hydrogens (tertiary/aromatic N) is 3. The summed E-state index contributed by atoms with van der Waals surface area (Å²) in [6.07, 6.45) is 5.92. The van der Waals surface area contributed by atoms with Crippen LogP contribution in [0.2, 0.25) is 0 Å². The van der Waals surface area contributed by atoms with Gasteiger partial charge in [0.1, 0.15) is 0 Å². The molecule has 1 aromatic carbocycles. The number of para-hydroxylation sites is 1. The van der Waals surface area contributed by atoms with Crippen molar-refractivity contribution >= 4 is 16.9 Å². The van der Waals surface area contributed by atoms with Crippen molar-refractivity contribution in [2.75, 3.05) is 32.7 Å². The average molecular weight is 339 g/mol. The van der Waals surface area contributed by atoms with Gasteiger partial charge in [-0.15, -0.1) is 0 Å². The number of rotatable bonds is 6. The summed E-state index contributed by atoms with van der Waals surface area (Å²) in [6.45, 7) is 8.11. The van der Waals surface area contributed by atoms with Crippen LogP contribution in [0.5, 0.6) is 0 Å². The zero-order valence-electron chi connectivity index (χ0n) is 15.2. The first-order chi connectivity index (χ1) is 12.4. The van der Waals surface area contributed by atoms with E-state index in [1.54, 1.807) is 0 Å². The first-order valence-electron chi connectivity index (χ1n) is 9.44. The number of nitrogens with one attached hydrogen (secondary N) is 2. The van der Waals surface area contributed by atoms with Crippen molar-refractivity contribution in [3.8, 4) is 0 Å². The minimum Gasteiger partial charge on any atom is -0.357 e. The fourth-order valence-electron chi connectivity index (χ4n) is 3.31. The summed E-state index contributed by atoms with van der Waals surface area (Å²) in [5.74, 6) is 0.889. The van der Waals surface area contributed by atoms with Crippen LogP contribution in [0.25, 0.3) is 10.9 Å². The van der Waals surface area contributed by atoms with E-state index in [-0.39, 0.29) is 0 Å². The van der Waals surface area contributed by atoms with Gasteiger partial charge in [0.2, 0.25) is 0 Å². The van der Waals surface area contributed by atoms with Gasteiger partial charge in [-0.1, -0.05) is 24.6 Å². The lowest BCUT2D eigenvalue weighted by Crippen LogP contribution is -2.42. The number of aliphatic imine (C=N–C) groups is 1. The minimum atomic E-state index is 0.655. The number of aromatic nitrogens is 1. The molecule has 0 unspecified atom stereocenters. The third-order valence-electron chi connectivity index (χ3n) is 4.66. The van der Waals surface area contributed by atoms with E-state index in [9.17, 15) is 0 Å². The lowest BCUT2D eigenvalue weighted by Gasteiger charge is -2.26. The first-order valence-corrected chi connectivity index (χ1v) is 9.44. The summed E-state index contributed by atoms with van der Waals surface area (Å²) >= 11 is 0. The molecule has 25 heavy (non-hydrogen) atoms. The van der Waals surface area contributed by atoms with Gasteiger partial charge in [-0.05, 0) is 50.6 Å². The molecule has 0 amide bonds. The van der Waals surface area contributed by atoms with E-state index in [1.165, 1.54) is 43.3 Å². The molecule has 1 aromatic heterocycles. The van der Waals surface area contributed by atoms with E-state index in [4.69, 9.17) is 4.99 Å². The van der Waals surface area contributed by atoms with Crippen molar-refractivity contribution < 1.29 is 0 Å². The molecular weight excluding hydrogens is 310 g/mol. The van der Waals surface area contributed by atoms with E-state index < -0.39 is 0 Å². The fourth-order valence-corrected chi connectivity index (χ4v) is 3.31. The Morgan fingerprint density at radius 1 is 1.12 bits per heavy atom. The molecule has 0 atom stereocenters. The zero-order chi connectivity index (χ0) is 17.3. The number of pyridine rings is 1. The van der Waals surface area contributed by atoms with Crippen LogP contribution in [-0.4, -0.2) is 48.6 Å². The van der Waals surface area contributed by atoms with E-state index in [0.717, 1.165) is 31.1 Å². The van der Waals surface area contributed by atoms with Gasteiger partial charge in [0.25, 0.3) is 0 Å². The van der Waals surface area contributed by atoms with E-state index in [2.05, 4.69) is 45.6 Å². The maximum atomic E-state index is 4.76. The molecule has 0 saturated carbocycles. The Labute approximate surface area is 150 Å². The largest absolute Gasteiger partial charge is 0.357 e. The van der Waals surface area contributed by atoms with Crippen LogP contribution in [0.4, 0.5) is 0 Å². The molecule has 1 aliphatic rings. The molecule has 2 heterocycles. The highest BCUT2D eigenvalue weighted by molar-refractivity contribution is 5.83. The second-order valence-corrected chi connectivity index (χ2v) is 6.51. The Bertz CT molecular complexity index is 686. The van der Waals surface area contributed by atoms with Gasteiger partial charge >= 0.3 is 0 Å². The summed E-state index contributed by atoms with van der Waals surface area (Å²) in [5.41, 5.74) is 2.23. The molecule has 5 nitrogen and oxygen atoms in total. The summed E-state index contributed by atoms with van der Waals surface area (Å²) in [7, 11) is 0. The lowest BCUT2D eigenvalue weighted by atomic mass is 10.1. The predicted octanol–water partition coefficient (Wildman–Crippen LogP) is 2.78. The number of benzene rings is 1. The molecule has 0 bridgehead atoms. The Hall–Kier alpha value is -2.14. The van der Waals surface area contributed by atoms with Gasteiger partial charge < -0.3 is 15.5 Å². The minimum absolute atomic E-state index is 0.655. The second-order valence-electron chi connectivity index (χ2n) is 6.51. The molecule has 0 radical (unpaired) electrons. The number of likely N-dealkylation sites (tertiary alicyclic amines) is 1. The SMILES string of the molecule is CCNC(=NCc1ccnc2ccccc12)NCCN1CCCCC1. The molecule has 0 aliphatic carbocycles. The average Bonchev–Trinajstić information content (AvgIpc) is 2.67. The zero-order valence-corrected chi connectivity index (χ0v) is 15.2. The quantitative estimate of drug-likeness (QED) is 0.628. The van der Waals surface area contributed by atoms with E-state index in [1.807, 2.05) is 18.3 Å². The van der Waals surface area contributed by atoms with Crippen LogP contribution in [-0.2, 0) is 6.54 Å². The standard InChI is InChI=1S/C20H29N5/c1-2-21-20(23-12-15-25-13-6-3-7-14-25)24-16-17-10-11-22-19-9-5-4-8-18(17)19/h4-5,8-11H,2-3,6-7,12-16H2,1H3,(H2,21,23,24). The number of guanidine groups is 1. The topological polar surface area (TPSA) is 52.6 Å².